The van der Waals surface area contributed by atoms with Gasteiger partial charge in [0.25, 0.3) is 0 Å². The van der Waals surface area contributed by atoms with E-state index in [9.17, 15) is 5.26 Å². The summed E-state index contributed by atoms with van der Waals surface area (Å²) in [6.07, 6.45) is 4.07. The predicted octanol–water partition coefficient (Wildman–Crippen LogP) is 5.67. The largest absolute Gasteiger partial charge is 0.486 e. The molecule has 1 aromatic heterocycles. The maximum absolute atomic E-state index is 9.90. The molecule has 0 unspecified atom stereocenters. The molecule has 0 saturated heterocycles. The number of hydrogen-bond acceptors (Lipinski definition) is 6. The molecule has 0 aliphatic carbocycles. The van der Waals surface area contributed by atoms with E-state index in [1.54, 1.807) is 11.3 Å². The number of fused-ring (bicyclic) bond motifs is 2. The highest BCUT2D eigenvalue weighted by atomic mass is 32.1. The lowest BCUT2D eigenvalue weighted by molar-refractivity contribution is 0.171. The molecule has 5 rings (SSSR count). The number of nitrogens with zero attached hydrogens (tertiary/aromatic N) is 3. The highest BCUT2D eigenvalue weighted by Crippen LogP contribution is 2.39. The molecule has 2 aliphatic rings. The lowest BCUT2D eigenvalue weighted by Crippen LogP contribution is -2.22. The van der Waals surface area contributed by atoms with Crippen LogP contribution >= 0.6 is 11.3 Å². The van der Waals surface area contributed by atoms with Crippen LogP contribution in [0.5, 0.6) is 11.5 Å². The third-order valence-electron chi connectivity index (χ3n) is 5.13. The minimum Gasteiger partial charge on any atom is -0.486 e. The number of aromatic nitrogens is 1. The lowest BCUT2D eigenvalue weighted by atomic mass is 10.0. The van der Waals surface area contributed by atoms with Crippen LogP contribution in [-0.4, -0.2) is 18.2 Å². The summed E-state index contributed by atoms with van der Waals surface area (Å²) in [5.41, 5.74) is 5.43. The van der Waals surface area contributed by atoms with Crippen LogP contribution in [0.1, 0.15) is 18.9 Å². The molecule has 0 bridgehead atoms. The Balaban J connectivity index is 1.55. The summed E-state index contributed by atoms with van der Waals surface area (Å²) in [6, 6.07) is 16.3. The normalized spacial score (nSPS) is 15.5. The van der Waals surface area contributed by atoms with E-state index in [2.05, 4.69) is 16.0 Å². The number of allylic oxidation sites excluding steroid dienone is 6. The van der Waals surface area contributed by atoms with Gasteiger partial charge >= 0.3 is 0 Å². The van der Waals surface area contributed by atoms with E-state index in [1.807, 2.05) is 68.5 Å². The third-order valence-corrected chi connectivity index (χ3v) is 6.18. The van der Waals surface area contributed by atoms with E-state index in [0.29, 0.717) is 18.8 Å². The van der Waals surface area contributed by atoms with E-state index in [0.717, 1.165) is 49.4 Å². The SMILES string of the molecule is CC1=CC(=C(C#N)c2nc3ccccc3s2)C=C(C)N1c1ccc2c(c1)OCCO2. The van der Waals surface area contributed by atoms with Gasteiger partial charge in [0.05, 0.1) is 15.8 Å². The van der Waals surface area contributed by atoms with Crippen LogP contribution in [0.4, 0.5) is 5.69 Å². The first-order valence-corrected chi connectivity index (χ1v) is 10.5. The van der Waals surface area contributed by atoms with Crippen LogP contribution in [0.2, 0.25) is 0 Å². The van der Waals surface area contributed by atoms with Crippen LogP contribution in [0.25, 0.3) is 15.8 Å². The van der Waals surface area contributed by atoms with Gasteiger partial charge in [-0.1, -0.05) is 12.1 Å². The molecule has 2 aliphatic heterocycles. The molecule has 0 spiro atoms. The fraction of sp³-hybridized carbons (Fsp3) is 0.167. The number of para-hydroxylation sites is 1. The van der Waals surface area contributed by atoms with Crippen molar-refractivity contribution in [3.63, 3.8) is 0 Å². The highest BCUT2D eigenvalue weighted by molar-refractivity contribution is 7.19. The average Bonchev–Trinajstić information content (AvgIpc) is 3.17. The lowest BCUT2D eigenvalue weighted by Gasteiger charge is -2.31. The van der Waals surface area contributed by atoms with E-state index < -0.39 is 0 Å². The maximum Gasteiger partial charge on any atom is 0.163 e. The predicted molar refractivity (Wildman–Crippen MR) is 120 cm³/mol. The topological polar surface area (TPSA) is 58.4 Å². The van der Waals surface area contributed by atoms with Gasteiger partial charge in [0.15, 0.2) is 11.5 Å². The minimum atomic E-state index is 0.556. The van der Waals surface area contributed by atoms with Crippen LogP contribution in [-0.2, 0) is 0 Å². The summed E-state index contributed by atoms with van der Waals surface area (Å²) in [5.74, 6) is 1.53. The van der Waals surface area contributed by atoms with E-state index in [1.165, 1.54) is 0 Å². The molecule has 3 aromatic rings. The van der Waals surface area contributed by atoms with Gasteiger partial charge < -0.3 is 14.4 Å². The third kappa shape index (κ3) is 3.14. The summed E-state index contributed by atoms with van der Waals surface area (Å²) in [6.45, 7) is 5.22. The maximum atomic E-state index is 9.90. The second-order valence-electron chi connectivity index (χ2n) is 7.16. The fourth-order valence-corrected chi connectivity index (χ4v) is 4.82. The number of rotatable bonds is 2. The Morgan fingerprint density at radius 1 is 1.03 bits per heavy atom. The highest BCUT2D eigenvalue weighted by Gasteiger charge is 2.21. The van der Waals surface area contributed by atoms with Crippen molar-refractivity contribution >= 4 is 32.8 Å². The second-order valence-corrected chi connectivity index (χ2v) is 8.19. The van der Waals surface area contributed by atoms with Crippen molar-refractivity contribution in [1.82, 2.24) is 4.98 Å². The van der Waals surface area contributed by atoms with Crippen LogP contribution in [0.3, 0.4) is 0 Å². The molecular weight excluding hydrogens is 394 g/mol. The molecule has 0 radical (unpaired) electrons. The molecule has 0 saturated carbocycles. The zero-order valence-electron chi connectivity index (χ0n) is 16.7. The molecule has 3 heterocycles. The Hall–Kier alpha value is -3.56. The van der Waals surface area contributed by atoms with Crippen molar-refractivity contribution in [3.8, 4) is 17.6 Å². The van der Waals surface area contributed by atoms with E-state index >= 15 is 0 Å². The number of anilines is 1. The second kappa shape index (κ2) is 7.36. The summed E-state index contributed by atoms with van der Waals surface area (Å²) >= 11 is 1.54. The van der Waals surface area contributed by atoms with Crippen LogP contribution in [0, 0.1) is 11.3 Å². The summed E-state index contributed by atoms with van der Waals surface area (Å²) in [7, 11) is 0. The number of ether oxygens (including phenoxy) is 2. The smallest absolute Gasteiger partial charge is 0.163 e. The molecule has 30 heavy (non-hydrogen) atoms. The van der Waals surface area contributed by atoms with Crippen LogP contribution < -0.4 is 14.4 Å². The molecule has 6 heteroatoms. The van der Waals surface area contributed by atoms with Crippen molar-refractivity contribution in [2.45, 2.75) is 13.8 Å². The molecule has 148 valence electrons. The van der Waals surface area contributed by atoms with Crippen molar-refractivity contribution in [2.75, 3.05) is 18.1 Å². The zero-order valence-corrected chi connectivity index (χ0v) is 17.5. The van der Waals surface area contributed by atoms with Gasteiger partial charge in [-0.2, -0.15) is 5.26 Å². The Morgan fingerprint density at radius 3 is 2.50 bits per heavy atom. The molecule has 0 N–H and O–H groups in total. The fourth-order valence-electron chi connectivity index (χ4n) is 3.84. The number of nitriles is 1. The molecule has 0 fully saturated rings. The average molecular weight is 414 g/mol. The van der Waals surface area contributed by atoms with E-state index in [4.69, 9.17) is 9.47 Å². The summed E-state index contributed by atoms with van der Waals surface area (Å²) in [5, 5.41) is 10.6. The first-order chi connectivity index (χ1) is 14.6. The molecule has 0 atom stereocenters. The van der Waals surface area contributed by atoms with Gasteiger partial charge in [-0.3, -0.25) is 0 Å². The number of benzene rings is 2. The summed E-state index contributed by atoms with van der Waals surface area (Å²) in [4.78, 5) is 6.82. The molecular formula is C24H19N3O2S. The van der Waals surface area contributed by atoms with Crippen LogP contribution in [0.15, 0.2) is 71.6 Å². The van der Waals surface area contributed by atoms with Gasteiger partial charge in [0, 0.05) is 23.1 Å². The first kappa shape index (κ1) is 18.5. The number of thiazole rings is 1. The van der Waals surface area contributed by atoms with Crippen molar-refractivity contribution < 1.29 is 9.47 Å². The Morgan fingerprint density at radius 2 is 1.77 bits per heavy atom. The molecule has 5 nitrogen and oxygen atoms in total. The Labute approximate surface area is 178 Å². The van der Waals surface area contributed by atoms with Gasteiger partial charge in [0.1, 0.15) is 24.3 Å². The first-order valence-electron chi connectivity index (χ1n) is 9.71. The van der Waals surface area contributed by atoms with Crippen molar-refractivity contribution in [1.29, 1.82) is 5.26 Å². The number of hydrogen-bond donors (Lipinski definition) is 0. The zero-order chi connectivity index (χ0) is 20.7. The van der Waals surface area contributed by atoms with Gasteiger partial charge in [-0.25, -0.2) is 4.98 Å². The summed E-state index contributed by atoms with van der Waals surface area (Å²) < 4.78 is 12.5. The quantitative estimate of drug-likeness (QED) is 0.507. The van der Waals surface area contributed by atoms with E-state index in [-0.39, 0.29) is 0 Å². The Bertz CT molecular complexity index is 1240. The minimum absolute atomic E-state index is 0.556. The van der Waals surface area contributed by atoms with Gasteiger partial charge in [-0.15, -0.1) is 11.3 Å². The Kier molecular flexibility index (Phi) is 4.53. The van der Waals surface area contributed by atoms with Gasteiger partial charge in [0.2, 0.25) is 0 Å². The van der Waals surface area contributed by atoms with Gasteiger partial charge in [-0.05, 0) is 55.8 Å². The van der Waals surface area contributed by atoms with Crippen molar-refractivity contribution in [2.24, 2.45) is 0 Å². The molecule has 0 amide bonds. The standard InChI is InChI=1S/C24H19N3O2S/c1-15-11-17(19(14-25)24-26-20-5-3-4-6-23(20)30-24)12-16(2)27(15)18-7-8-21-22(13-18)29-10-9-28-21/h3-8,11-13H,9-10H2,1-2H3. The van der Waals surface area contributed by atoms with Crippen molar-refractivity contribution in [3.05, 3.63) is 76.6 Å². The molecule has 2 aromatic carbocycles. The monoisotopic (exact) mass is 413 g/mol.